The molecule has 0 atom stereocenters. The van der Waals surface area contributed by atoms with Gasteiger partial charge in [-0.25, -0.2) is 0 Å². The van der Waals surface area contributed by atoms with Gasteiger partial charge in [0.2, 0.25) is 0 Å². The minimum Gasteiger partial charge on any atom is -0.490 e. The second-order valence-electron chi connectivity index (χ2n) is 3.78. The molecular formula is C14H21O2. The van der Waals surface area contributed by atoms with Gasteiger partial charge in [0.05, 0.1) is 13.2 Å². The Morgan fingerprint density at radius 1 is 1.00 bits per heavy atom. The van der Waals surface area contributed by atoms with E-state index in [0.717, 1.165) is 50.4 Å². The molecule has 0 saturated heterocycles. The van der Waals surface area contributed by atoms with E-state index in [1.807, 2.05) is 18.2 Å². The van der Waals surface area contributed by atoms with Crippen molar-refractivity contribution in [1.29, 1.82) is 0 Å². The molecule has 16 heavy (non-hydrogen) atoms. The zero-order valence-corrected chi connectivity index (χ0v) is 10.3. The van der Waals surface area contributed by atoms with E-state index in [2.05, 4.69) is 19.9 Å². The minimum absolute atomic E-state index is 0.749. The maximum atomic E-state index is 5.66. The summed E-state index contributed by atoms with van der Waals surface area (Å²) in [4.78, 5) is 0. The quantitative estimate of drug-likeness (QED) is 0.621. The van der Waals surface area contributed by atoms with Crippen LogP contribution < -0.4 is 9.47 Å². The topological polar surface area (TPSA) is 18.5 Å². The summed E-state index contributed by atoms with van der Waals surface area (Å²) in [6.07, 6.45) is 4.43. The molecule has 0 aliphatic rings. The third-order valence-corrected chi connectivity index (χ3v) is 2.30. The van der Waals surface area contributed by atoms with Crippen LogP contribution in [0.25, 0.3) is 0 Å². The number of unbranched alkanes of at least 4 members (excludes halogenated alkanes) is 2. The Morgan fingerprint density at radius 2 is 1.62 bits per heavy atom. The molecule has 0 saturated carbocycles. The molecule has 0 aromatic heterocycles. The molecule has 2 heteroatoms. The highest BCUT2D eigenvalue weighted by atomic mass is 16.5. The summed E-state index contributed by atoms with van der Waals surface area (Å²) in [7, 11) is 0. The van der Waals surface area contributed by atoms with E-state index < -0.39 is 0 Å². The number of hydrogen-bond acceptors (Lipinski definition) is 2. The zero-order chi connectivity index (χ0) is 11.6. The van der Waals surface area contributed by atoms with E-state index in [4.69, 9.17) is 9.47 Å². The maximum absolute atomic E-state index is 5.66. The van der Waals surface area contributed by atoms with Crippen LogP contribution in [0.1, 0.15) is 39.5 Å². The Hall–Kier alpha value is -1.18. The van der Waals surface area contributed by atoms with Crippen LogP contribution in [0.2, 0.25) is 0 Å². The molecular weight excluding hydrogens is 200 g/mol. The summed E-state index contributed by atoms with van der Waals surface area (Å²) in [6, 6.07) is 8.63. The summed E-state index contributed by atoms with van der Waals surface area (Å²) in [5.41, 5.74) is 0. The van der Waals surface area contributed by atoms with Crippen LogP contribution in [0.15, 0.2) is 18.2 Å². The molecule has 0 N–H and O–H groups in total. The van der Waals surface area contributed by atoms with E-state index >= 15 is 0 Å². The highest BCUT2D eigenvalue weighted by Gasteiger charge is 2.03. The summed E-state index contributed by atoms with van der Waals surface area (Å²) < 4.78 is 11.3. The summed E-state index contributed by atoms with van der Waals surface area (Å²) in [5.74, 6) is 1.65. The zero-order valence-electron chi connectivity index (χ0n) is 10.3. The van der Waals surface area contributed by atoms with Gasteiger partial charge in [0.25, 0.3) is 0 Å². The minimum atomic E-state index is 0.749. The first-order chi connectivity index (χ1) is 7.88. The molecule has 0 amide bonds. The Balaban J connectivity index is 2.46. The average molecular weight is 221 g/mol. The van der Waals surface area contributed by atoms with Crippen LogP contribution in [-0.4, -0.2) is 13.2 Å². The molecule has 1 aromatic carbocycles. The molecule has 0 spiro atoms. The van der Waals surface area contributed by atoms with Gasteiger partial charge in [-0.3, -0.25) is 0 Å². The molecule has 1 radical (unpaired) electrons. The fourth-order valence-corrected chi connectivity index (χ4v) is 1.29. The van der Waals surface area contributed by atoms with Gasteiger partial charge in [-0.15, -0.1) is 0 Å². The monoisotopic (exact) mass is 221 g/mol. The lowest BCUT2D eigenvalue weighted by atomic mass is 10.3. The highest BCUT2D eigenvalue weighted by Crippen LogP contribution is 2.26. The molecule has 0 aliphatic carbocycles. The second kappa shape index (κ2) is 8.03. The fraction of sp³-hybridized carbons (Fsp3) is 0.571. The Morgan fingerprint density at radius 3 is 2.25 bits per heavy atom. The SMILES string of the molecule is CCCCOc1c[c]ccc1OCCCC. The second-order valence-corrected chi connectivity index (χ2v) is 3.78. The van der Waals surface area contributed by atoms with Crippen LogP contribution in [0.5, 0.6) is 11.5 Å². The van der Waals surface area contributed by atoms with Crippen molar-refractivity contribution in [3.05, 3.63) is 24.3 Å². The van der Waals surface area contributed by atoms with Gasteiger partial charge in [-0.1, -0.05) is 32.8 Å². The molecule has 2 nitrogen and oxygen atoms in total. The van der Waals surface area contributed by atoms with Crippen molar-refractivity contribution in [3.8, 4) is 11.5 Å². The van der Waals surface area contributed by atoms with Crippen LogP contribution in [0, 0.1) is 6.07 Å². The molecule has 0 aliphatic heterocycles. The largest absolute Gasteiger partial charge is 0.490 e. The first-order valence-corrected chi connectivity index (χ1v) is 6.14. The maximum Gasteiger partial charge on any atom is 0.161 e. The fourth-order valence-electron chi connectivity index (χ4n) is 1.29. The van der Waals surface area contributed by atoms with Gasteiger partial charge in [0, 0.05) is 0 Å². The molecule has 0 fully saturated rings. The van der Waals surface area contributed by atoms with Crippen molar-refractivity contribution < 1.29 is 9.47 Å². The number of hydrogen-bond donors (Lipinski definition) is 0. The van der Waals surface area contributed by atoms with Crippen LogP contribution in [0.3, 0.4) is 0 Å². The van der Waals surface area contributed by atoms with Crippen LogP contribution >= 0.6 is 0 Å². The lowest BCUT2D eigenvalue weighted by Crippen LogP contribution is -2.01. The van der Waals surface area contributed by atoms with Crippen molar-refractivity contribution in [1.82, 2.24) is 0 Å². The van der Waals surface area contributed by atoms with Crippen molar-refractivity contribution in [2.75, 3.05) is 13.2 Å². The summed E-state index contributed by atoms with van der Waals surface area (Å²) in [5, 5.41) is 0. The third-order valence-electron chi connectivity index (χ3n) is 2.30. The van der Waals surface area contributed by atoms with E-state index in [1.165, 1.54) is 0 Å². The van der Waals surface area contributed by atoms with Crippen molar-refractivity contribution in [2.45, 2.75) is 39.5 Å². The average Bonchev–Trinajstić information content (AvgIpc) is 2.32. The van der Waals surface area contributed by atoms with Crippen LogP contribution in [0.4, 0.5) is 0 Å². The first kappa shape index (κ1) is 12.9. The number of ether oxygens (including phenoxy) is 2. The van der Waals surface area contributed by atoms with Crippen LogP contribution in [-0.2, 0) is 0 Å². The van der Waals surface area contributed by atoms with Gasteiger partial charge < -0.3 is 9.47 Å². The van der Waals surface area contributed by atoms with E-state index in [0.29, 0.717) is 0 Å². The molecule has 0 unspecified atom stereocenters. The number of rotatable bonds is 8. The third kappa shape index (κ3) is 4.56. The molecule has 0 heterocycles. The molecule has 89 valence electrons. The van der Waals surface area contributed by atoms with Crippen molar-refractivity contribution >= 4 is 0 Å². The van der Waals surface area contributed by atoms with Gasteiger partial charge in [-0.2, -0.15) is 0 Å². The molecule has 1 aromatic rings. The van der Waals surface area contributed by atoms with Gasteiger partial charge in [0.15, 0.2) is 11.5 Å². The smallest absolute Gasteiger partial charge is 0.161 e. The van der Waals surface area contributed by atoms with Gasteiger partial charge in [-0.05, 0) is 31.0 Å². The molecule has 0 bridgehead atoms. The summed E-state index contributed by atoms with van der Waals surface area (Å²) >= 11 is 0. The highest BCUT2D eigenvalue weighted by molar-refractivity contribution is 5.38. The lowest BCUT2D eigenvalue weighted by molar-refractivity contribution is 0.262. The predicted molar refractivity (Wildman–Crippen MR) is 66.1 cm³/mol. The van der Waals surface area contributed by atoms with Crippen molar-refractivity contribution in [3.63, 3.8) is 0 Å². The lowest BCUT2D eigenvalue weighted by Gasteiger charge is -2.11. The normalized spacial score (nSPS) is 10.1. The molecule has 1 rings (SSSR count). The van der Waals surface area contributed by atoms with Gasteiger partial charge >= 0.3 is 0 Å². The Labute approximate surface area is 98.6 Å². The van der Waals surface area contributed by atoms with E-state index in [1.54, 1.807) is 0 Å². The Kier molecular flexibility index (Phi) is 6.47. The van der Waals surface area contributed by atoms with E-state index in [-0.39, 0.29) is 0 Å². The predicted octanol–water partition coefficient (Wildman–Crippen LogP) is 3.84. The number of benzene rings is 1. The van der Waals surface area contributed by atoms with Crippen molar-refractivity contribution in [2.24, 2.45) is 0 Å². The van der Waals surface area contributed by atoms with Gasteiger partial charge in [0.1, 0.15) is 0 Å². The standard InChI is InChI=1S/C14H21O2/c1-3-5-11-15-13-9-7-8-10-14(13)16-12-6-4-2/h7,9-10H,3-6,11-12H2,1-2H3. The summed E-state index contributed by atoms with van der Waals surface area (Å²) in [6.45, 7) is 5.81. The van der Waals surface area contributed by atoms with E-state index in [9.17, 15) is 0 Å². The first-order valence-electron chi connectivity index (χ1n) is 6.14. The Bertz CT molecular complexity index is 255.